The number of carbonyl (C=O) groups excluding carboxylic acids is 2. The van der Waals surface area contributed by atoms with Crippen molar-refractivity contribution < 1.29 is 24.5 Å². The van der Waals surface area contributed by atoms with Crippen LogP contribution in [-0.2, 0) is 14.3 Å². The molecule has 1 aliphatic rings. The van der Waals surface area contributed by atoms with E-state index in [0.717, 1.165) is 0 Å². The molecule has 2 aromatic heterocycles. The number of carbonyl (C=O) groups is 2. The van der Waals surface area contributed by atoms with Gasteiger partial charge in [-0.05, 0) is 36.8 Å². The molecule has 1 fully saturated rings. The Morgan fingerprint density at radius 2 is 2.00 bits per heavy atom. The van der Waals surface area contributed by atoms with Gasteiger partial charge in [-0.3, -0.25) is 14.0 Å². The van der Waals surface area contributed by atoms with Gasteiger partial charge < -0.3 is 19.8 Å². The van der Waals surface area contributed by atoms with Crippen LogP contribution in [0.1, 0.15) is 23.0 Å². The maximum Gasteiger partial charge on any atom is 0.295 e. The van der Waals surface area contributed by atoms with E-state index in [2.05, 4.69) is 4.98 Å². The van der Waals surface area contributed by atoms with E-state index in [4.69, 9.17) is 4.74 Å². The predicted octanol–water partition coefficient (Wildman–Crippen LogP) is 2.42. The number of nitrogens with zero attached hydrogens (tertiary/aromatic N) is 3. The molecule has 154 valence electrons. The van der Waals surface area contributed by atoms with E-state index in [0.29, 0.717) is 22.6 Å². The Hall–Kier alpha value is -3.65. The van der Waals surface area contributed by atoms with Crippen molar-refractivity contribution in [3.8, 4) is 5.75 Å². The number of pyridine rings is 1. The lowest BCUT2D eigenvalue weighted by Crippen LogP contribution is -2.32. The number of hydrogen-bond acceptors (Lipinski definition) is 6. The molecule has 3 aromatic rings. The average Bonchev–Trinajstić information content (AvgIpc) is 3.19. The summed E-state index contributed by atoms with van der Waals surface area (Å²) < 4.78 is 6.77. The number of benzene rings is 1. The summed E-state index contributed by atoms with van der Waals surface area (Å²) in [4.78, 5) is 31.6. The molecule has 8 heteroatoms. The zero-order valence-corrected chi connectivity index (χ0v) is 16.6. The van der Waals surface area contributed by atoms with Gasteiger partial charge >= 0.3 is 0 Å². The number of aliphatic hydroxyl groups is 1. The monoisotopic (exact) mass is 407 g/mol. The van der Waals surface area contributed by atoms with Crippen molar-refractivity contribution in [2.24, 2.45) is 0 Å². The topological polar surface area (TPSA) is 104 Å². The van der Waals surface area contributed by atoms with Crippen molar-refractivity contribution in [3.63, 3.8) is 0 Å². The number of aliphatic hydroxyl groups excluding tert-OH is 1. The first-order valence-corrected chi connectivity index (χ1v) is 9.44. The molecule has 0 radical (unpaired) electrons. The van der Waals surface area contributed by atoms with E-state index >= 15 is 0 Å². The second-order valence-electron chi connectivity index (χ2n) is 7.05. The first-order chi connectivity index (χ1) is 14.4. The van der Waals surface area contributed by atoms with Crippen molar-refractivity contribution in [2.45, 2.75) is 13.0 Å². The Morgan fingerprint density at radius 3 is 2.73 bits per heavy atom. The number of likely N-dealkylation sites (tertiary alicyclic amines) is 1. The Balaban J connectivity index is 1.95. The van der Waals surface area contributed by atoms with Crippen molar-refractivity contribution in [1.82, 2.24) is 14.3 Å². The summed E-state index contributed by atoms with van der Waals surface area (Å²) in [6.07, 6.45) is 1.73. The van der Waals surface area contributed by atoms with Crippen LogP contribution in [-0.4, -0.2) is 56.4 Å². The van der Waals surface area contributed by atoms with E-state index < -0.39 is 17.7 Å². The zero-order chi connectivity index (χ0) is 21.4. The minimum Gasteiger partial charge on any atom is -0.508 e. The van der Waals surface area contributed by atoms with Gasteiger partial charge in [-0.15, -0.1) is 0 Å². The average molecular weight is 407 g/mol. The molecular weight excluding hydrogens is 386 g/mol. The van der Waals surface area contributed by atoms with Crippen LogP contribution in [0, 0.1) is 6.92 Å². The number of aryl methyl sites for hydroxylation is 1. The van der Waals surface area contributed by atoms with Crippen LogP contribution < -0.4 is 0 Å². The number of methoxy groups -OCH3 is 1. The maximum absolute atomic E-state index is 13.0. The van der Waals surface area contributed by atoms with Gasteiger partial charge in [0.1, 0.15) is 17.1 Å². The Kier molecular flexibility index (Phi) is 5.01. The molecule has 4 rings (SSSR count). The smallest absolute Gasteiger partial charge is 0.295 e. The third-order valence-corrected chi connectivity index (χ3v) is 5.19. The summed E-state index contributed by atoms with van der Waals surface area (Å²) in [6, 6.07) is 10.8. The minimum absolute atomic E-state index is 0.00388. The van der Waals surface area contributed by atoms with Crippen LogP contribution in [0.25, 0.3) is 11.4 Å². The molecule has 8 nitrogen and oxygen atoms in total. The van der Waals surface area contributed by atoms with Crippen LogP contribution in [0.4, 0.5) is 0 Å². The molecule has 1 atom stereocenters. The van der Waals surface area contributed by atoms with Crippen LogP contribution in [0.15, 0.2) is 54.2 Å². The lowest BCUT2D eigenvalue weighted by atomic mass is 9.96. The highest BCUT2D eigenvalue weighted by molar-refractivity contribution is 6.46. The number of aromatic nitrogens is 2. The van der Waals surface area contributed by atoms with E-state index in [1.807, 2.05) is 6.07 Å². The summed E-state index contributed by atoms with van der Waals surface area (Å²) in [6.45, 7) is 2.10. The first-order valence-electron chi connectivity index (χ1n) is 9.44. The van der Waals surface area contributed by atoms with Crippen molar-refractivity contribution in [3.05, 3.63) is 71.2 Å². The normalized spacial score (nSPS) is 18.5. The van der Waals surface area contributed by atoms with Crippen LogP contribution in [0.3, 0.4) is 0 Å². The van der Waals surface area contributed by atoms with Crippen molar-refractivity contribution >= 4 is 23.1 Å². The summed E-state index contributed by atoms with van der Waals surface area (Å²) in [7, 11) is 1.50. The standard InChI is InChI=1S/C22H21N3O5/c1-13-18(24-9-4-3-8-16(24)23-13)20(27)17-19(14-6-5-7-15(26)12-14)25(10-11-30-2)22(29)21(17)28/h3-9,12,19,26-27H,10-11H2,1-2H3/b20-17+. The van der Waals surface area contributed by atoms with Crippen LogP contribution in [0.5, 0.6) is 5.75 Å². The number of phenols is 1. The minimum atomic E-state index is -0.860. The van der Waals surface area contributed by atoms with Crippen LogP contribution in [0.2, 0.25) is 0 Å². The maximum atomic E-state index is 13.0. The molecule has 0 aliphatic carbocycles. The number of ketones is 1. The largest absolute Gasteiger partial charge is 0.508 e. The van der Waals surface area contributed by atoms with E-state index in [9.17, 15) is 19.8 Å². The van der Waals surface area contributed by atoms with Gasteiger partial charge in [0.2, 0.25) is 0 Å². The quantitative estimate of drug-likeness (QED) is 0.382. The number of imidazole rings is 1. The molecule has 2 N–H and O–H groups in total. The predicted molar refractivity (Wildman–Crippen MR) is 109 cm³/mol. The zero-order valence-electron chi connectivity index (χ0n) is 16.6. The SMILES string of the molecule is COCCN1C(=O)C(=O)/C(=C(/O)c2c(C)nc3ccccn23)C1c1cccc(O)c1. The summed E-state index contributed by atoms with van der Waals surface area (Å²) in [5.41, 5.74) is 1.95. The summed E-state index contributed by atoms with van der Waals surface area (Å²) in [5, 5.41) is 21.2. The summed E-state index contributed by atoms with van der Waals surface area (Å²) in [5.74, 6) is -1.83. The van der Waals surface area contributed by atoms with E-state index in [-0.39, 0.29) is 30.2 Å². The second kappa shape index (κ2) is 7.64. The molecule has 0 bridgehead atoms. The fourth-order valence-electron chi connectivity index (χ4n) is 3.87. The number of rotatable bonds is 5. The van der Waals surface area contributed by atoms with Gasteiger partial charge in [-0.25, -0.2) is 4.98 Å². The molecular formula is C22H21N3O5. The number of hydrogen-bond donors (Lipinski definition) is 2. The van der Waals surface area contributed by atoms with E-state index in [1.165, 1.54) is 24.1 Å². The molecule has 1 aromatic carbocycles. The van der Waals surface area contributed by atoms with Crippen molar-refractivity contribution in [1.29, 1.82) is 0 Å². The number of aromatic hydroxyl groups is 1. The Morgan fingerprint density at radius 1 is 1.20 bits per heavy atom. The third-order valence-electron chi connectivity index (χ3n) is 5.19. The number of fused-ring (bicyclic) bond motifs is 1. The Labute approximate surface area is 172 Å². The number of phenolic OH excluding ortho intramolecular Hbond substituents is 1. The fraction of sp³-hybridized carbons (Fsp3) is 0.227. The molecule has 1 amide bonds. The highest BCUT2D eigenvalue weighted by Crippen LogP contribution is 2.40. The Bertz CT molecular complexity index is 1180. The van der Waals surface area contributed by atoms with Gasteiger partial charge in [-0.2, -0.15) is 0 Å². The molecule has 30 heavy (non-hydrogen) atoms. The lowest BCUT2D eigenvalue weighted by Gasteiger charge is -2.25. The highest BCUT2D eigenvalue weighted by atomic mass is 16.5. The van der Waals surface area contributed by atoms with Gasteiger partial charge in [-0.1, -0.05) is 18.2 Å². The van der Waals surface area contributed by atoms with Crippen molar-refractivity contribution in [2.75, 3.05) is 20.3 Å². The molecule has 0 spiro atoms. The highest BCUT2D eigenvalue weighted by Gasteiger charge is 2.46. The van der Waals surface area contributed by atoms with E-state index in [1.54, 1.807) is 41.8 Å². The molecule has 1 unspecified atom stereocenters. The van der Waals surface area contributed by atoms with Gasteiger partial charge in [0.05, 0.1) is 23.9 Å². The fourth-order valence-corrected chi connectivity index (χ4v) is 3.87. The van der Waals surface area contributed by atoms with Gasteiger partial charge in [0.25, 0.3) is 11.7 Å². The molecule has 3 heterocycles. The summed E-state index contributed by atoms with van der Waals surface area (Å²) >= 11 is 0. The van der Waals surface area contributed by atoms with Crippen LogP contribution >= 0.6 is 0 Å². The van der Waals surface area contributed by atoms with Gasteiger partial charge in [0.15, 0.2) is 5.76 Å². The lowest BCUT2D eigenvalue weighted by molar-refractivity contribution is -0.140. The van der Waals surface area contributed by atoms with Gasteiger partial charge in [0, 0.05) is 19.9 Å². The molecule has 0 saturated carbocycles. The number of amides is 1. The third kappa shape index (κ3) is 3.11. The number of Topliss-reactive ketones (excluding diaryl/α,β-unsaturated/α-hetero) is 1. The molecule has 1 aliphatic heterocycles. The first kappa shape index (κ1) is 19.7. The number of ether oxygens (including phenoxy) is 1. The molecule has 1 saturated heterocycles. The second-order valence-corrected chi connectivity index (χ2v) is 7.05.